The van der Waals surface area contributed by atoms with Crippen LogP contribution in [0.15, 0.2) is 60.4 Å². The fourth-order valence-corrected chi connectivity index (χ4v) is 2.72. The van der Waals surface area contributed by atoms with Crippen LogP contribution in [0, 0.1) is 6.92 Å². The number of aryl methyl sites for hydroxylation is 1. The number of carbonyl (C=O) groups is 3. The smallest absolute Gasteiger partial charge is 0.266 e. The summed E-state index contributed by atoms with van der Waals surface area (Å²) in [4.78, 5) is 41.0. The highest BCUT2D eigenvalue weighted by Gasteiger charge is 2.39. The first-order valence-corrected chi connectivity index (χ1v) is 7.87. The third-order valence-corrected chi connectivity index (χ3v) is 3.96. The van der Waals surface area contributed by atoms with Gasteiger partial charge < -0.3 is 4.90 Å². The zero-order valence-corrected chi connectivity index (χ0v) is 14.3. The van der Waals surface area contributed by atoms with Crippen LogP contribution in [0.25, 0.3) is 0 Å². The lowest BCUT2D eigenvalue weighted by atomic mass is 10.1. The van der Waals surface area contributed by atoms with E-state index in [0.29, 0.717) is 16.7 Å². The first kappa shape index (κ1) is 16.6. The molecule has 0 radical (unpaired) electrons. The van der Waals surface area contributed by atoms with Crippen LogP contribution in [0.1, 0.15) is 36.6 Å². The van der Waals surface area contributed by atoms with Gasteiger partial charge in [-0.1, -0.05) is 42.0 Å². The van der Waals surface area contributed by atoms with Gasteiger partial charge in [0.25, 0.3) is 11.8 Å². The predicted octanol–water partition coefficient (Wildman–Crippen LogP) is 2.88. The number of ketones is 1. The zero-order valence-electron chi connectivity index (χ0n) is 14.3. The summed E-state index contributed by atoms with van der Waals surface area (Å²) < 4.78 is 0. The molecule has 2 aromatic rings. The Morgan fingerprint density at radius 3 is 1.92 bits per heavy atom. The summed E-state index contributed by atoms with van der Waals surface area (Å²) in [6.07, 6.45) is 1.50. The molecule has 5 heteroatoms. The molecule has 0 N–H and O–H groups in total. The van der Waals surface area contributed by atoms with Gasteiger partial charge in [-0.05, 0) is 19.1 Å². The number of Topliss-reactive ketones (excluding diaryl/α,β-unsaturated/α-hetero) is 1. The highest BCUT2D eigenvalue weighted by Crippen LogP contribution is 2.27. The lowest BCUT2D eigenvalue weighted by Crippen LogP contribution is -2.34. The topological polar surface area (TPSA) is 57.7 Å². The van der Waals surface area contributed by atoms with Crippen LogP contribution in [-0.4, -0.2) is 41.5 Å². The molecule has 0 saturated heterocycles. The van der Waals surface area contributed by atoms with E-state index in [-0.39, 0.29) is 11.5 Å². The number of nitrogens with zero attached hydrogens (tertiary/aromatic N) is 2. The fourth-order valence-electron chi connectivity index (χ4n) is 2.72. The van der Waals surface area contributed by atoms with Gasteiger partial charge in [0.15, 0.2) is 0 Å². The summed E-state index contributed by atoms with van der Waals surface area (Å²) in [6, 6.07) is 13.6. The van der Waals surface area contributed by atoms with Gasteiger partial charge in [0.2, 0.25) is 5.78 Å². The lowest BCUT2D eigenvalue weighted by molar-refractivity contribution is 0.0675. The standard InChI is InChI=1S/C20H18N2O3/c1-13-8-10-14(11-9-13)18(23)17(12-21(2)3)22-19(24)15-6-4-5-7-16(15)20(22)25/h4-12H,1-3H3/b17-12-. The number of allylic oxidation sites excluding steroid dienone is 1. The van der Waals surface area contributed by atoms with Crippen molar-refractivity contribution < 1.29 is 14.4 Å². The molecule has 0 bridgehead atoms. The van der Waals surface area contributed by atoms with Gasteiger partial charge in [-0.3, -0.25) is 14.4 Å². The van der Waals surface area contributed by atoms with E-state index in [9.17, 15) is 14.4 Å². The summed E-state index contributed by atoms with van der Waals surface area (Å²) in [5.41, 5.74) is 2.12. The van der Waals surface area contributed by atoms with Crippen molar-refractivity contribution in [1.82, 2.24) is 9.80 Å². The number of hydrogen-bond acceptors (Lipinski definition) is 4. The predicted molar refractivity (Wildman–Crippen MR) is 94.2 cm³/mol. The first-order valence-electron chi connectivity index (χ1n) is 7.87. The number of imide groups is 1. The van der Waals surface area contributed by atoms with Gasteiger partial charge in [-0.25, -0.2) is 4.90 Å². The van der Waals surface area contributed by atoms with Gasteiger partial charge in [-0.2, -0.15) is 0 Å². The lowest BCUT2D eigenvalue weighted by Gasteiger charge is -2.19. The Kier molecular flexibility index (Phi) is 4.23. The maximum atomic E-state index is 13.0. The number of rotatable bonds is 4. The van der Waals surface area contributed by atoms with Gasteiger partial charge in [-0.15, -0.1) is 0 Å². The number of fused-ring (bicyclic) bond motifs is 1. The highest BCUT2D eigenvalue weighted by molar-refractivity contribution is 6.26. The van der Waals surface area contributed by atoms with Crippen LogP contribution in [0.5, 0.6) is 0 Å². The Morgan fingerprint density at radius 1 is 0.920 bits per heavy atom. The van der Waals surface area contributed by atoms with E-state index >= 15 is 0 Å². The zero-order chi connectivity index (χ0) is 18.1. The van der Waals surface area contributed by atoms with Crippen molar-refractivity contribution >= 4 is 17.6 Å². The molecule has 0 atom stereocenters. The van der Waals surface area contributed by atoms with Crippen LogP contribution in [0.4, 0.5) is 0 Å². The monoisotopic (exact) mass is 334 g/mol. The minimum absolute atomic E-state index is 0.0417. The average molecular weight is 334 g/mol. The molecular formula is C20H18N2O3. The minimum Gasteiger partial charge on any atom is -0.382 e. The Hall–Kier alpha value is -3.21. The van der Waals surface area contributed by atoms with E-state index in [1.54, 1.807) is 55.4 Å². The molecule has 0 aliphatic carbocycles. The van der Waals surface area contributed by atoms with E-state index in [0.717, 1.165) is 10.5 Å². The molecule has 25 heavy (non-hydrogen) atoms. The molecule has 0 fully saturated rings. The number of hydrogen-bond donors (Lipinski definition) is 0. The van der Waals surface area contributed by atoms with Crippen LogP contribution >= 0.6 is 0 Å². The maximum absolute atomic E-state index is 13.0. The molecule has 5 nitrogen and oxygen atoms in total. The molecule has 0 saturated carbocycles. The summed E-state index contributed by atoms with van der Waals surface area (Å²) in [5, 5.41) is 0. The fraction of sp³-hybridized carbons (Fsp3) is 0.150. The van der Waals surface area contributed by atoms with Crippen LogP contribution in [-0.2, 0) is 0 Å². The van der Waals surface area contributed by atoms with Crippen molar-refractivity contribution in [2.45, 2.75) is 6.92 Å². The second kappa shape index (κ2) is 6.36. The van der Waals surface area contributed by atoms with Gasteiger partial charge in [0.05, 0.1) is 11.1 Å². The third kappa shape index (κ3) is 2.96. The molecule has 2 aromatic carbocycles. The largest absolute Gasteiger partial charge is 0.382 e. The molecule has 0 aromatic heterocycles. The minimum atomic E-state index is -0.478. The quantitative estimate of drug-likeness (QED) is 0.490. The van der Waals surface area contributed by atoms with E-state index in [1.807, 2.05) is 19.1 Å². The second-order valence-electron chi connectivity index (χ2n) is 6.16. The number of benzene rings is 2. The van der Waals surface area contributed by atoms with Crippen LogP contribution in [0.2, 0.25) is 0 Å². The maximum Gasteiger partial charge on any atom is 0.266 e. The van der Waals surface area contributed by atoms with Crippen molar-refractivity contribution in [2.24, 2.45) is 0 Å². The van der Waals surface area contributed by atoms with E-state index < -0.39 is 11.8 Å². The normalized spacial score (nSPS) is 13.9. The Labute approximate surface area is 146 Å². The summed E-state index contributed by atoms with van der Waals surface area (Å²) in [6.45, 7) is 1.93. The average Bonchev–Trinajstić information content (AvgIpc) is 2.84. The highest BCUT2D eigenvalue weighted by atomic mass is 16.2. The van der Waals surface area contributed by atoms with Gasteiger partial charge in [0.1, 0.15) is 5.70 Å². The van der Waals surface area contributed by atoms with Gasteiger partial charge >= 0.3 is 0 Å². The molecule has 2 amide bonds. The van der Waals surface area contributed by atoms with E-state index in [1.165, 1.54) is 6.20 Å². The van der Waals surface area contributed by atoms with Crippen molar-refractivity contribution in [2.75, 3.05) is 14.1 Å². The second-order valence-corrected chi connectivity index (χ2v) is 6.16. The summed E-state index contributed by atoms with van der Waals surface area (Å²) in [5.74, 6) is -1.33. The molecule has 1 heterocycles. The van der Waals surface area contributed by atoms with Crippen molar-refractivity contribution in [3.63, 3.8) is 0 Å². The molecule has 1 aliphatic heterocycles. The molecule has 1 aliphatic rings. The van der Waals surface area contributed by atoms with Gasteiger partial charge in [0, 0.05) is 25.9 Å². The Morgan fingerprint density at radius 2 is 1.44 bits per heavy atom. The number of carbonyl (C=O) groups excluding carboxylic acids is 3. The Balaban J connectivity index is 2.06. The number of amides is 2. The summed E-state index contributed by atoms with van der Waals surface area (Å²) >= 11 is 0. The molecule has 0 spiro atoms. The van der Waals surface area contributed by atoms with Crippen LogP contribution < -0.4 is 0 Å². The van der Waals surface area contributed by atoms with E-state index in [2.05, 4.69) is 0 Å². The first-order chi connectivity index (χ1) is 11.9. The van der Waals surface area contributed by atoms with Crippen LogP contribution in [0.3, 0.4) is 0 Å². The summed E-state index contributed by atoms with van der Waals surface area (Å²) in [7, 11) is 3.47. The molecule has 3 rings (SSSR count). The van der Waals surface area contributed by atoms with Crippen molar-refractivity contribution in [3.8, 4) is 0 Å². The molecular weight excluding hydrogens is 316 g/mol. The third-order valence-electron chi connectivity index (χ3n) is 3.96. The SMILES string of the molecule is Cc1ccc(C(=O)/C(=C/N(C)C)N2C(=O)c3ccccc3C2=O)cc1. The Bertz CT molecular complexity index is 860. The van der Waals surface area contributed by atoms with E-state index in [4.69, 9.17) is 0 Å². The molecule has 0 unspecified atom stereocenters. The van der Waals surface area contributed by atoms with Crippen molar-refractivity contribution in [1.29, 1.82) is 0 Å². The molecule has 126 valence electrons. The van der Waals surface area contributed by atoms with Crippen molar-refractivity contribution in [3.05, 3.63) is 82.7 Å².